The van der Waals surface area contributed by atoms with Crippen LogP contribution in [0.2, 0.25) is 0 Å². The van der Waals surface area contributed by atoms with Crippen LogP contribution >= 0.6 is 0 Å². The highest BCUT2D eigenvalue weighted by atomic mass is 16.5. The number of benzene rings is 2. The van der Waals surface area contributed by atoms with Crippen LogP contribution in [-0.4, -0.2) is 54.5 Å². The Balaban J connectivity index is 1.52. The Morgan fingerprint density at radius 2 is 2.00 bits per heavy atom. The number of methoxy groups -OCH3 is 1. The standard InChI is InChI=1S/C24H24N4O4/c1-24-20-18(17-8-3-4-9-19(17)26-20)10-12-27(24)23(31)28(22(24)30)16-7-5-6-15(14-16)21(29)25-11-13-32-2/h3-9,14,26H,10-13H2,1-2H3,(H,25,29). The molecule has 0 radical (unpaired) electrons. The zero-order valence-corrected chi connectivity index (χ0v) is 18.0. The van der Waals surface area contributed by atoms with Gasteiger partial charge in [0.2, 0.25) is 0 Å². The highest BCUT2D eigenvalue weighted by Gasteiger charge is 2.59. The normalized spacial score (nSPS) is 19.9. The summed E-state index contributed by atoms with van der Waals surface area (Å²) in [5, 5.41) is 3.84. The van der Waals surface area contributed by atoms with E-state index < -0.39 is 5.54 Å². The van der Waals surface area contributed by atoms with E-state index in [1.54, 1.807) is 43.2 Å². The molecule has 1 aromatic heterocycles. The minimum absolute atomic E-state index is 0.287. The van der Waals surface area contributed by atoms with Crippen molar-refractivity contribution < 1.29 is 19.1 Å². The van der Waals surface area contributed by atoms with E-state index >= 15 is 0 Å². The molecule has 3 aromatic rings. The number of para-hydroxylation sites is 1. The number of anilines is 1. The second-order valence-corrected chi connectivity index (χ2v) is 8.22. The molecule has 1 fully saturated rings. The molecule has 0 aliphatic carbocycles. The smallest absolute Gasteiger partial charge is 0.332 e. The van der Waals surface area contributed by atoms with Gasteiger partial charge in [-0.25, -0.2) is 9.69 Å². The summed E-state index contributed by atoms with van der Waals surface area (Å²) in [6, 6.07) is 14.1. The SMILES string of the molecule is COCCNC(=O)c1cccc(N2C(=O)N3CCc4c([nH]c5ccccc45)C3(C)C2=O)c1. The first-order valence-electron chi connectivity index (χ1n) is 10.6. The molecule has 2 aliphatic heterocycles. The van der Waals surface area contributed by atoms with Crippen LogP contribution in [0.25, 0.3) is 10.9 Å². The average molecular weight is 432 g/mol. The minimum Gasteiger partial charge on any atom is -0.383 e. The number of nitrogens with one attached hydrogen (secondary N) is 2. The number of carbonyl (C=O) groups is 3. The molecule has 0 bridgehead atoms. The molecule has 32 heavy (non-hydrogen) atoms. The highest BCUT2D eigenvalue weighted by molar-refractivity contribution is 6.24. The molecule has 0 spiro atoms. The van der Waals surface area contributed by atoms with Crippen LogP contribution in [0, 0.1) is 0 Å². The first kappa shape index (κ1) is 20.3. The fourth-order valence-corrected chi connectivity index (χ4v) is 4.77. The molecule has 8 nitrogen and oxygen atoms in total. The van der Waals surface area contributed by atoms with Crippen molar-refractivity contribution in [1.82, 2.24) is 15.2 Å². The van der Waals surface area contributed by atoms with Crippen molar-refractivity contribution in [2.75, 3.05) is 31.7 Å². The largest absolute Gasteiger partial charge is 0.383 e. The third-order valence-corrected chi connectivity index (χ3v) is 6.43. The van der Waals surface area contributed by atoms with Crippen LogP contribution in [0.5, 0.6) is 0 Å². The number of urea groups is 1. The summed E-state index contributed by atoms with van der Waals surface area (Å²) in [4.78, 5) is 45.8. The van der Waals surface area contributed by atoms with Gasteiger partial charge in [0.1, 0.15) is 0 Å². The number of nitrogens with zero attached hydrogens (tertiary/aromatic N) is 2. The summed E-state index contributed by atoms with van der Waals surface area (Å²) in [6.07, 6.45) is 0.670. The van der Waals surface area contributed by atoms with Gasteiger partial charge in [0.25, 0.3) is 11.8 Å². The number of hydrogen-bond donors (Lipinski definition) is 2. The van der Waals surface area contributed by atoms with Gasteiger partial charge in [-0.15, -0.1) is 0 Å². The number of fused-ring (bicyclic) bond motifs is 5. The first-order valence-corrected chi connectivity index (χ1v) is 10.6. The summed E-state index contributed by atoms with van der Waals surface area (Å²) in [5.74, 6) is -0.614. The zero-order valence-electron chi connectivity index (χ0n) is 18.0. The maximum absolute atomic E-state index is 13.7. The lowest BCUT2D eigenvalue weighted by atomic mass is 9.87. The lowest BCUT2D eigenvalue weighted by Crippen LogP contribution is -2.49. The molecule has 1 atom stereocenters. The van der Waals surface area contributed by atoms with Crippen molar-refractivity contribution in [3.8, 4) is 0 Å². The van der Waals surface area contributed by atoms with Crippen molar-refractivity contribution in [2.45, 2.75) is 18.9 Å². The van der Waals surface area contributed by atoms with E-state index in [0.29, 0.717) is 37.4 Å². The molecule has 2 aliphatic rings. The van der Waals surface area contributed by atoms with Gasteiger partial charge in [0, 0.05) is 36.7 Å². The number of H-pyrrole nitrogens is 1. The number of rotatable bonds is 5. The molecule has 0 saturated carbocycles. The monoisotopic (exact) mass is 432 g/mol. The number of amides is 4. The zero-order chi connectivity index (χ0) is 22.5. The van der Waals surface area contributed by atoms with Gasteiger partial charge in [-0.05, 0) is 43.2 Å². The topological polar surface area (TPSA) is 94.7 Å². The van der Waals surface area contributed by atoms with Crippen LogP contribution in [0.1, 0.15) is 28.5 Å². The summed E-state index contributed by atoms with van der Waals surface area (Å²) in [7, 11) is 1.56. The van der Waals surface area contributed by atoms with Gasteiger partial charge in [-0.3, -0.25) is 9.59 Å². The van der Waals surface area contributed by atoms with Crippen LogP contribution in [0.15, 0.2) is 48.5 Å². The van der Waals surface area contributed by atoms with E-state index in [0.717, 1.165) is 22.2 Å². The summed E-state index contributed by atoms with van der Waals surface area (Å²) >= 11 is 0. The van der Waals surface area contributed by atoms with Gasteiger partial charge in [-0.2, -0.15) is 0 Å². The highest BCUT2D eigenvalue weighted by Crippen LogP contribution is 2.45. The molecule has 2 aromatic carbocycles. The maximum atomic E-state index is 13.7. The molecular weight excluding hydrogens is 408 g/mol. The number of aromatic nitrogens is 1. The molecule has 164 valence electrons. The Morgan fingerprint density at radius 3 is 2.81 bits per heavy atom. The Morgan fingerprint density at radius 1 is 1.19 bits per heavy atom. The van der Waals surface area contributed by atoms with Crippen molar-refractivity contribution in [3.05, 3.63) is 65.4 Å². The van der Waals surface area contributed by atoms with Gasteiger partial charge in [-0.1, -0.05) is 24.3 Å². The fourth-order valence-electron chi connectivity index (χ4n) is 4.77. The van der Waals surface area contributed by atoms with E-state index in [2.05, 4.69) is 10.3 Å². The van der Waals surface area contributed by atoms with E-state index in [-0.39, 0.29) is 17.8 Å². The summed E-state index contributed by atoms with van der Waals surface area (Å²) in [5.41, 5.74) is 2.43. The Hall–Kier alpha value is -3.65. The van der Waals surface area contributed by atoms with Crippen LogP contribution in [0.3, 0.4) is 0 Å². The lowest BCUT2D eigenvalue weighted by Gasteiger charge is -2.35. The third-order valence-electron chi connectivity index (χ3n) is 6.43. The van der Waals surface area contributed by atoms with Crippen molar-refractivity contribution in [3.63, 3.8) is 0 Å². The number of imide groups is 1. The first-order chi connectivity index (χ1) is 15.5. The molecule has 2 N–H and O–H groups in total. The number of ether oxygens (including phenoxy) is 1. The second kappa shape index (κ2) is 7.49. The molecule has 1 unspecified atom stereocenters. The molecule has 8 heteroatoms. The van der Waals surface area contributed by atoms with Crippen molar-refractivity contribution in [1.29, 1.82) is 0 Å². The third kappa shape index (κ3) is 2.83. The number of hydrogen-bond acceptors (Lipinski definition) is 4. The summed E-state index contributed by atoms with van der Waals surface area (Å²) in [6.45, 7) is 3.01. The predicted octanol–water partition coefficient (Wildman–Crippen LogP) is 2.78. The van der Waals surface area contributed by atoms with Gasteiger partial charge >= 0.3 is 6.03 Å². The van der Waals surface area contributed by atoms with Gasteiger partial charge in [0.05, 0.1) is 18.0 Å². The molecular formula is C24H24N4O4. The van der Waals surface area contributed by atoms with Crippen LogP contribution in [0.4, 0.5) is 10.5 Å². The number of carbonyl (C=O) groups excluding carboxylic acids is 3. The minimum atomic E-state index is -1.12. The van der Waals surface area contributed by atoms with E-state index in [4.69, 9.17) is 4.74 Å². The molecule has 1 saturated heterocycles. The predicted molar refractivity (Wildman–Crippen MR) is 120 cm³/mol. The second-order valence-electron chi connectivity index (χ2n) is 8.22. The van der Waals surface area contributed by atoms with E-state index in [1.807, 2.05) is 24.3 Å². The van der Waals surface area contributed by atoms with Gasteiger partial charge < -0.3 is 19.9 Å². The Labute approximate surface area is 185 Å². The average Bonchev–Trinajstić information content (AvgIpc) is 3.28. The maximum Gasteiger partial charge on any atom is 0.332 e. The fraction of sp³-hybridized carbons (Fsp3) is 0.292. The molecule has 4 amide bonds. The molecule has 5 rings (SSSR count). The van der Waals surface area contributed by atoms with E-state index in [1.165, 1.54) is 4.90 Å². The molecule has 3 heterocycles. The quantitative estimate of drug-likeness (QED) is 0.479. The van der Waals surface area contributed by atoms with Crippen molar-refractivity contribution in [2.24, 2.45) is 0 Å². The van der Waals surface area contributed by atoms with E-state index in [9.17, 15) is 14.4 Å². The number of aromatic amines is 1. The van der Waals surface area contributed by atoms with Crippen LogP contribution < -0.4 is 10.2 Å². The lowest BCUT2D eigenvalue weighted by molar-refractivity contribution is -0.125. The van der Waals surface area contributed by atoms with Crippen LogP contribution in [-0.2, 0) is 21.5 Å². The Bertz CT molecular complexity index is 1250. The van der Waals surface area contributed by atoms with Gasteiger partial charge in [0.15, 0.2) is 5.54 Å². The Kier molecular flexibility index (Phi) is 4.74. The van der Waals surface area contributed by atoms with Crippen molar-refractivity contribution >= 4 is 34.4 Å². The summed E-state index contributed by atoms with van der Waals surface area (Å²) < 4.78 is 4.96.